The molecule has 5 heteroatoms. The molecule has 1 aromatic carbocycles. The highest BCUT2D eigenvalue weighted by atomic mass is 32.1. The summed E-state index contributed by atoms with van der Waals surface area (Å²) < 4.78 is 0. The van der Waals surface area contributed by atoms with Crippen molar-refractivity contribution in [3.8, 4) is 0 Å². The monoisotopic (exact) mass is 296 g/mol. The Kier molecular flexibility index (Phi) is 2.82. The molecule has 0 saturated heterocycles. The zero-order chi connectivity index (χ0) is 14.4. The Bertz CT molecular complexity index is 824. The minimum absolute atomic E-state index is 0.349. The maximum Gasteiger partial charge on any atom is 0.223 e. The Hall–Kier alpha value is -2.14. The van der Waals surface area contributed by atoms with Crippen LogP contribution >= 0.6 is 11.3 Å². The molecule has 0 spiro atoms. The van der Waals surface area contributed by atoms with Gasteiger partial charge in [-0.15, -0.1) is 11.3 Å². The zero-order valence-electron chi connectivity index (χ0n) is 11.8. The van der Waals surface area contributed by atoms with Crippen LogP contribution in [-0.4, -0.2) is 16.5 Å². The fourth-order valence-electron chi connectivity index (χ4n) is 3.00. The number of nitrogen functional groups attached to an aromatic ring is 1. The molecule has 21 heavy (non-hydrogen) atoms. The first-order valence-corrected chi connectivity index (χ1v) is 7.93. The molecular weight excluding hydrogens is 280 g/mol. The molecule has 4 rings (SSSR count). The molecule has 0 fully saturated rings. The van der Waals surface area contributed by atoms with Gasteiger partial charge in [0.25, 0.3) is 0 Å². The van der Waals surface area contributed by atoms with Gasteiger partial charge in [0.15, 0.2) is 0 Å². The molecule has 2 N–H and O–H groups in total. The standard InChI is InChI=1S/C16H16N4S/c1-10-9-12-14(18-16(17)19-15(12)21-10)20-8-4-6-11-5-2-3-7-13(11)20/h2-3,5,7,9H,4,6,8H2,1H3,(H2,17,18,19). The van der Waals surface area contributed by atoms with Crippen molar-refractivity contribution >= 4 is 39.0 Å². The molecule has 0 unspecified atom stereocenters. The van der Waals surface area contributed by atoms with E-state index in [-0.39, 0.29) is 0 Å². The average molecular weight is 296 g/mol. The summed E-state index contributed by atoms with van der Waals surface area (Å²) in [4.78, 5) is 13.4. The lowest BCUT2D eigenvalue weighted by Crippen LogP contribution is -2.25. The average Bonchev–Trinajstić information content (AvgIpc) is 2.86. The third-order valence-electron chi connectivity index (χ3n) is 3.88. The van der Waals surface area contributed by atoms with Crippen molar-refractivity contribution in [3.63, 3.8) is 0 Å². The molecule has 0 bridgehead atoms. The van der Waals surface area contributed by atoms with Crippen LogP contribution in [0.5, 0.6) is 0 Å². The van der Waals surface area contributed by atoms with E-state index >= 15 is 0 Å². The summed E-state index contributed by atoms with van der Waals surface area (Å²) in [7, 11) is 0. The van der Waals surface area contributed by atoms with Crippen molar-refractivity contribution in [2.45, 2.75) is 19.8 Å². The van der Waals surface area contributed by atoms with Crippen molar-refractivity contribution in [1.29, 1.82) is 0 Å². The number of aryl methyl sites for hydroxylation is 2. The second-order valence-corrected chi connectivity index (χ2v) is 6.60. The Labute approximate surface area is 127 Å². The van der Waals surface area contributed by atoms with E-state index in [4.69, 9.17) is 5.73 Å². The van der Waals surface area contributed by atoms with Gasteiger partial charge in [0, 0.05) is 17.1 Å². The second kappa shape index (κ2) is 4.70. The minimum Gasteiger partial charge on any atom is -0.368 e. The van der Waals surface area contributed by atoms with Crippen LogP contribution in [0.4, 0.5) is 17.5 Å². The first kappa shape index (κ1) is 12.6. The highest BCUT2D eigenvalue weighted by molar-refractivity contribution is 7.18. The van der Waals surface area contributed by atoms with E-state index in [1.54, 1.807) is 11.3 Å². The normalized spacial score (nSPS) is 14.4. The van der Waals surface area contributed by atoms with E-state index in [0.717, 1.165) is 35.4 Å². The molecular formula is C16H16N4S. The van der Waals surface area contributed by atoms with Gasteiger partial charge in [0.1, 0.15) is 10.6 Å². The molecule has 1 aliphatic rings. The maximum atomic E-state index is 5.92. The van der Waals surface area contributed by atoms with Gasteiger partial charge in [0.2, 0.25) is 5.95 Å². The van der Waals surface area contributed by atoms with Crippen LogP contribution in [-0.2, 0) is 6.42 Å². The van der Waals surface area contributed by atoms with Gasteiger partial charge < -0.3 is 10.6 Å². The number of nitrogens with two attached hydrogens (primary N) is 1. The van der Waals surface area contributed by atoms with Gasteiger partial charge in [-0.25, -0.2) is 4.98 Å². The number of hydrogen-bond donors (Lipinski definition) is 1. The number of benzene rings is 1. The van der Waals surface area contributed by atoms with Crippen molar-refractivity contribution < 1.29 is 0 Å². The molecule has 2 aromatic heterocycles. The number of fused-ring (bicyclic) bond motifs is 2. The summed E-state index contributed by atoms with van der Waals surface area (Å²) in [6.45, 7) is 3.06. The minimum atomic E-state index is 0.349. The van der Waals surface area contributed by atoms with Gasteiger partial charge in [-0.2, -0.15) is 4.98 Å². The quantitative estimate of drug-likeness (QED) is 0.744. The lowest BCUT2D eigenvalue weighted by atomic mass is 10.0. The number of thiophene rings is 1. The topological polar surface area (TPSA) is 55.0 Å². The lowest BCUT2D eigenvalue weighted by molar-refractivity contribution is 0.761. The fraction of sp³-hybridized carbons (Fsp3) is 0.250. The predicted molar refractivity (Wildman–Crippen MR) is 88.3 cm³/mol. The molecule has 0 radical (unpaired) electrons. The first-order chi connectivity index (χ1) is 10.2. The number of anilines is 3. The van der Waals surface area contributed by atoms with Crippen LogP contribution in [0.2, 0.25) is 0 Å². The first-order valence-electron chi connectivity index (χ1n) is 7.11. The van der Waals surface area contributed by atoms with Crippen molar-refractivity contribution in [1.82, 2.24) is 9.97 Å². The van der Waals surface area contributed by atoms with Gasteiger partial charge in [0.05, 0.1) is 5.39 Å². The van der Waals surface area contributed by atoms with E-state index in [0.29, 0.717) is 5.95 Å². The van der Waals surface area contributed by atoms with Crippen LogP contribution in [0.15, 0.2) is 30.3 Å². The number of aromatic nitrogens is 2. The zero-order valence-corrected chi connectivity index (χ0v) is 12.7. The molecule has 1 aliphatic heterocycles. The number of rotatable bonds is 1. The molecule has 0 atom stereocenters. The van der Waals surface area contributed by atoms with E-state index in [1.165, 1.54) is 16.1 Å². The second-order valence-electron chi connectivity index (χ2n) is 5.37. The van der Waals surface area contributed by atoms with E-state index in [9.17, 15) is 0 Å². The molecule has 0 aliphatic carbocycles. The summed E-state index contributed by atoms with van der Waals surface area (Å²) in [5, 5.41) is 1.10. The summed E-state index contributed by atoms with van der Waals surface area (Å²) in [5.74, 6) is 1.29. The Morgan fingerprint density at radius 3 is 3.00 bits per heavy atom. The predicted octanol–water partition coefficient (Wildman–Crippen LogP) is 3.67. The molecule has 106 valence electrons. The van der Waals surface area contributed by atoms with Crippen LogP contribution < -0.4 is 10.6 Å². The van der Waals surface area contributed by atoms with Crippen LogP contribution in [0.25, 0.3) is 10.2 Å². The molecule has 4 nitrogen and oxygen atoms in total. The van der Waals surface area contributed by atoms with E-state index < -0.39 is 0 Å². The van der Waals surface area contributed by atoms with Crippen molar-refractivity contribution in [2.24, 2.45) is 0 Å². The SMILES string of the molecule is Cc1cc2c(N3CCCc4ccccc43)nc(N)nc2s1. The largest absolute Gasteiger partial charge is 0.368 e. The highest BCUT2D eigenvalue weighted by Gasteiger charge is 2.22. The van der Waals surface area contributed by atoms with Crippen molar-refractivity contribution in [3.05, 3.63) is 40.8 Å². The Morgan fingerprint density at radius 2 is 2.10 bits per heavy atom. The Morgan fingerprint density at radius 1 is 1.24 bits per heavy atom. The summed E-state index contributed by atoms with van der Waals surface area (Å²) in [6.07, 6.45) is 2.25. The van der Waals surface area contributed by atoms with Crippen molar-refractivity contribution in [2.75, 3.05) is 17.2 Å². The number of hydrogen-bond acceptors (Lipinski definition) is 5. The lowest BCUT2D eigenvalue weighted by Gasteiger charge is -2.30. The third-order valence-corrected chi connectivity index (χ3v) is 4.82. The summed E-state index contributed by atoms with van der Waals surface area (Å²) in [6, 6.07) is 10.7. The fourth-order valence-corrected chi connectivity index (χ4v) is 3.88. The van der Waals surface area contributed by atoms with Gasteiger partial charge in [-0.05, 0) is 37.5 Å². The van der Waals surface area contributed by atoms with Crippen LogP contribution in [0.3, 0.4) is 0 Å². The number of nitrogens with zero attached hydrogens (tertiary/aromatic N) is 3. The molecule has 0 amide bonds. The molecule has 3 heterocycles. The summed E-state index contributed by atoms with van der Waals surface area (Å²) in [5.41, 5.74) is 8.54. The highest BCUT2D eigenvalue weighted by Crippen LogP contribution is 2.38. The molecule has 0 saturated carbocycles. The van der Waals surface area contributed by atoms with Crippen LogP contribution in [0.1, 0.15) is 16.9 Å². The van der Waals surface area contributed by atoms with Gasteiger partial charge >= 0.3 is 0 Å². The number of para-hydroxylation sites is 1. The summed E-state index contributed by atoms with van der Waals surface area (Å²) >= 11 is 1.67. The van der Waals surface area contributed by atoms with Gasteiger partial charge in [-0.1, -0.05) is 18.2 Å². The Balaban J connectivity index is 1.95. The molecule has 3 aromatic rings. The van der Waals surface area contributed by atoms with Crippen LogP contribution in [0, 0.1) is 6.92 Å². The van der Waals surface area contributed by atoms with Gasteiger partial charge in [-0.3, -0.25) is 0 Å². The maximum absolute atomic E-state index is 5.92. The van der Waals surface area contributed by atoms with E-state index in [1.807, 2.05) is 0 Å². The van der Waals surface area contributed by atoms with E-state index in [2.05, 4.69) is 52.1 Å². The smallest absolute Gasteiger partial charge is 0.223 e. The third kappa shape index (κ3) is 2.05.